The van der Waals surface area contributed by atoms with E-state index in [1.807, 2.05) is 23.9 Å². The first-order valence-corrected chi connectivity index (χ1v) is 6.58. The van der Waals surface area contributed by atoms with E-state index in [0.29, 0.717) is 18.2 Å². The van der Waals surface area contributed by atoms with Crippen molar-refractivity contribution >= 4 is 41.5 Å². The zero-order valence-corrected chi connectivity index (χ0v) is 15.0. The van der Waals surface area contributed by atoms with Gasteiger partial charge in [0.2, 0.25) is 0 Å². The summed E-state index contributed by atoms with van der Waals surface area (Å²) < 4.78 is 1.82. The van der Waals surface area contributed by atoms with Crippen LogP contribution in [0, 0.1) is 0 Å². The molecule has 0 spiro atoms. The van der Waals surface area contributed by atoms with Gasteiger partial charge in [0.25, 0.3) is 0 Å². The first-order valence-electron chi connectivity index (χ1n) is 6.21. The second kappa shape index (κ2) is 8.83. The topological polar surface area (TPSA) is 67.1 Å². The third-order valence-corrected chi connectivity index (χ3v) is 3.06. The van der Waals surface area contributed by atoms with Gasteiger partial charge in [-0.2, -0.15) is 5.10 Å². The molecule has 0 saturated heterocycles. The summed E-state index contributed by atoms with van der Waals surface area (Å²) in [5.41, 5.74) is 2.12. The Hall–Kier alpha value is -1.35. The van der Waals surface area contributed by atoms with Gasteiger partial charge in [-0.15, -0.1) is 24.0 Å². The molecule has 0 unspecified atom stereocenters. The molecule has 0 amide bonds. The van der Waals surface area contributed by atoms with Gasteiger partial charge in [0, 0.05) is 33.0 Å². The SMILES string of the molecule is CN=C(NCc1ccc(Cl)nc1)NCc1ccnn1C.I. The summed E-state index contributed by atoms with van der Waals surface area (Å²) in [6, 6.07) is 5.66. The minimum atomic E-state index is 0. The third-order valence-electron chi connectivity index (χ3n) is 2.83. The highest BCUT2D eigenvalue weighted by Crippen LogP contribution is 2.04. The van der Waals surface area contributed by atoms with Gasteiger partial charge in [0.05, 0.1) is 12.2 Å². The highest BCUT2D eigenvalue weighted by molar-refractivity contribution is 14.0. The number of nitrogens with one attached hydrogen (secondary N) is 2. The van der Waals surface area contributed by atoms with Crippen LogP contribution in [0.15, 0.2) is 35.6 Å². The monoisotopic (exact) mass is 420 g/mol. The lowest BCUT2D eigenvalue weighted by molar-refractivity contribution is 0.684. The fourth-order valence-corrected chi connectivity index (χ4v) is 1.78. The molecule has 0 bridgehead atoms. The highest BCUT2D eigenvalue weighted by atomic mass is 127. The largest absolute Gasteiger partial charge is 0.352 e. The van der Waals surface area contributed by atoms with Crippen LogP contribution >= 0.6 is 35.6 Å². The number of rotatable bonds is 4. The van der Waals surface area contributed by atoms with Crippen molar-refractivity contribution in [3.8, 4) is 0 Å². The number of aliphatic imine (C=N–C) groups is 1. The minimum absolute atomic E-state index is 0. The molecule has 0 aliphatic heterocycles. The Morgan fingerprint density at radius 2 is 2.05 bits per heavy atom. The number of guanidine groups is 1. The van der Waals surface area contributed by atoms with Crippen LogP contribution in [0.4, 0.5) is 0 Å². The second-order valence-corrected chi connectivity index (χ2v) is 4.60. The Balaban J connectivity index is 0.00000220. The van der Waals surface area contributed by atoms with Crippen molar-refractivity contribution in [3.05, 3.63) is 47.0 Å². The predicted octanol–water partition coefficient (Wildman–Crippen LogP) is 1.95. The van der Waals surface area contributed by atoms with Crippen molar-refractivity contribution < 1.29 is 0 Å². The molecular weight excluding hydrogens is 403 g/mol. The molecule has 0 radical (unpaired) electrons. The van der Waals surface area contributed by atoms with E-state index < -0.39 is 0 Å². The van der Waals surface area contributed by atoms with E-state index >= 15 is 0 Å². The molecule has 0 aromatic carbocycles. The molecule has 0 fully saturated rings. The van der Waals surface area contributed by atoms with Crippen molar-refractivity contribution in [2.75, 3.05) is 7.05 Å². The van der Waals surface area contributed by atoms with E-state index in [4.69, 9.17) is 11.6 Å². The Bertz CT molecular complexity index is 581. The maximum atomic E-state index is 5.75. The highest BCUT2D eigenvalue weighted by Gasteiger charge is 2.01. The number of nitrogens with zero attached hydrogens (tertiary/aromatic N) is 4. The number of aryl methyl sites for hydroxylation is 1. The summed E-state index contributed by atoms with van der Waals surface area (Å²) in [7, 11) is 3.64. The number of halogens is 2. The number of hydrogen-bond donors (Lipinski definition) is 2. The van der Waals surface area contributed by atoms with E-state index in [1.54, 1.807) is 25.5 Å². The molecule has 2 heterocycles. The molecule has 114 valence electrons. The summed E-state index contributed by atoms with van der Waals surface area (Å²) in [5.74, 6) is 0.723. The lowest BCUT2D eigenvalue weighted by atomic mass is 10.3. The Morgan fingerprint density at radius 1 is 1.29 bits per heavy atom. The van der Waals surface area contributed by atoms with Crippen LogP contribution in [0.25, 0.3) is 0 Å². The molecule has 2 rings (SSSR count). The van der Waals surface area contributed by atoms with Gasteiger partial charge < -0.3 is 10.6 Å². The molecule has 0 atom stereocenters. The fraction of sp³-hybridized carbons (Fsp3) is 0.308. The summed E-state index contributed by atoms with van der Waals surface area (Å²) in [6.07, 6.45) is 3.51. The zero-order chi connectivity index (χ0) is 14.4. The molecule has 0 aliphatic carbocycles. The van der Waals surface area contributed by atoms with Gasteiger partial charge in [0.1, 0.15) is 5.15 Å². The van der Waals surface area contributed by atoms with Crippen LogP contribution in [0.5, 0.6) is 0 Å². The van der Waals surface area contributed by atoms with Crippen LogP contribution in [-0.4, -0.2) is 27.8 Å². The van der Waals surface area contributed by atoms with Gasteiger partial charge in [-0.1, -0.05) is 17.7 Å². The molecule has 0 aliphatic rings. The van der Waals surface area contributed by atoms with Crippen molar-refractivity contribution in [2.24, 2.45) is 12.0 Å². The predicted molar refractivity (Wildman–Crippen MR) is 94.9 cm³/mol. The molecule has 2 N–H and O–H groups in total. The lowest BCUT2D eigenvalue weighted by Gasteiger charge is -2.11. The van der Waals surface area contributed by atoms with E-state index in [1.165, 1.54) is 0 Å². The van der Waals surface area contributed by atoms with Crippen molar-refractivity contribution in [1.82, 2.24) is 25.4 Å². The number of hydrogen-bond acceptors (Lipinski definition) is 3. The minimum Gasteiger partial charge on any atom is -0.352 e. The van der Waals surface area contributed by atoms with Crippen LogP contribution in [-0.2, 0) is 20.1 Å². The van der Waals surface area contributed by atoms with Gasteiger partial charge in [-0.25, -0.2) is 4.98 Å². The first kappa shape index (κ1) is 17.7. The summed E-state index contributed by atoms with van der Waals surface area (Å²) in [5, 5.41) is 11.0. The van der Waals surface area contributed by atoms with E-state index in [-0.39, 0.29) is 24.0 Å². The molecule has 8 heteroatoms. The maximum Gasteiger partial charge on any atom is 0.191 e. The standard InChI is InChI=1S/C13H17ClN6.HI/c1-15-13(18-9-11-5-6-19-20(11)2)17-8-10-3-4-12(14)16-7-10;/h3-7H,8-9H2,1-2H3,(H2,15,17,18);1H. The quantitative estimate of drug-likeness (QED) is 0.343. The van der Waals surface area contributed by atoms with Crippen LogP contribution in [0.3, 0.4) is 0 Å². The third kappa shape index (κ3) is 5.50. The zero-order valence-electron chi connectivity index (χ0n) is 11.9. The van der Waals surface area contributed by atoms with E-state index in [2.05, 4.69) is 25.7 Å². The molecule has 0 saturated carbocycles. The average Bonchev–Trinajstić information content (AvgIpc) is 2.86. The average molecular weight is 421 g/mol. The van der Waals surface area contributed by atoms with Crippen LogP contribution < -0.4 is 10.6 Å². The van der Waals surface area contributed by atoms with Crippen LogP contribution in [0.1, 0.15) is 11.3 Å². The maximum absolute atomic E-state index is 5.75. The van der Waals surface area contributed by atoms with Crippen molar-refractivity contribution in [1.29, 1.82) is 0 Å². The molecular formula is C13H18ClIN6. The number of aromatic nitrogens is 3. The molecule has 2 aromatic heterocycles. The van der Waals surface area contributed by atoms with Crippen molar-refractivity contribution in [2.45, 2.75) is 13.1 Å². The Morgan fingerprint density at radius 3 is 2.62 bits per heavy atom. The Labute approximate surface area is 146 Å². The summed E-state index contributed by atoms with van der Waals surface area (Å²) >= 11 is 5.75. The van der Waals surface area contributed by atoms with E-state index in [9.17, 15) is 0 Å². The smallest absolute Gasteiger partial charge is 0.191 e. The van der Waals surface area contributed by atoms with Crippen molar-refractivity contribution in [3.63, 3.8) is 0 Å². The molecule has 21 heavy (non-hydrogen) atoms. The van der Waals surface area contributed by atoms with Gasteiger partial charge in [-0.3, -0.25) is 9.67 Å². The molecule has 2 aromatic rings. The fourth-order valence-electron chi connectivity index (χ4n) is 1.67. The lowest BCUT2D eigenvalue weighted by Crippen LogP contribution is -2.36. The van der Waals surface area contributed by atoms with Crippen LogP contribution in [0.2, 0.25) is 5.15 Å². The number of pyridine rings is 1. The Kier molecular flexibility index (Phi) is 7.44. The molecule has 6 nitrogen and oxygen atoms in total. The first-order chi connectivity index (χ1) is 9.69. The van der Waals surface area contributed by atoms with Gasteiger partial charge in [-0.05, 0) is 17.7 Å². The summed E-state index contributed by atoms with van der Waals surface area (Å²) in [6.45, 7) is 1.30. The normalized spacial score (nSPS) is 10.9. The van der Waals surface area contributed by atoms with E-state index in [0.717, 1.165) is 17.2 Å². The second-order valence-electron chi connectivity index (χ2n) is 4.21. The summed E-state index contributed by atoms with van der Waals surface area (Å²) in [4.78, 5) is 8.20. The van der Waals surface area contributed by atoms with Gasteiger partial charge >= 0.3 is 0 Å². The van der Waals surface area contributed by atoms with Gasteiger partial charge in [0.15, 0.2) is 5.96 Å².